The van der Waals surface area contributed by atoms with Crippen LogP contribution in [0.4, 0.5) is 3.89 Å². The van der Waals surface area contributed by atoms with E-state index in [9.17, 15) is 17.1 Å². The minimum Gasteiger partial charge on any atom is -0.489 e. The summed E-state index contributed by atoms with van der Waals surface area (Å²) >= 11 is 0. The van der Waals surface area contributed by atoms with Crippen molar-refractivity contribution in [2.45, 2.75) is 13.5 Å². The first kappa shape index (κ1) is 17.7. The second-order valence-corrected chi connectivity index (χ2v) is 5.75. The van der Waals surface area contributed by atoms with Crippen LogP contribution in [0.3, 0.4) is 0 Å². The molecule has 0 aliphatic carbocycles. The van der Waals surface area contributed by atoms with Crippen molar-refractivity contribution >= 4 is 16.4 Å². The highest BCUT2D eigenvalue weighted by Crippen LogP contribution is 2.20. The molecule has 0 heterocycles. The van der Waals surface area contributed by atoms with Gasteiger partial charge in [-0.05, 0) is 48.9 Å². The van der Waals surface area contributed by atoms with Gasteiger partial charge >= 0.3 is 10.5 Å². The van der Waals surface area contributed by atoms with Crippen molar-refractivity contribution in [2.24, 2.45) is 0 Å². The molecule has 0 aromatic heterocycles. The van der Waals surface area contributed by atoms with Crippen LogP contribution in [0.15, 0.2) is 48.5 Å². The van der Waals surface area contributed by atoms with E-state index < -0.39 is 10.5 Å². The zero-order valence-corrected chi connectivity index (χ0v) is 13.7. The summed E-state index contributed by atoms with van der Waals surface area (Å²) in [6.45, 7) is 2.67. The number of halogens is 1. The molecule has 0 aliphatic heterocycles. The van der Waals surface area contributed by atoms with Gasteiger partial charge in [0.25, 0.3) is 5.91 Å². The monoisotopic (exact) mass is 353 g/mol. The SMILES string of the molecule is CCNC(=O)c1ccc(COc2ccc(OS(=O)(=O)F)cc2)cc1. The fraction of sp³-hybridized carbons (Fsp3) is 0.188. The molecule has 0 unspecified atom stereocenters. The van der Waals surface area contributed by atoms with Crippen LogP contribution in [-0.4, -0.2) is 20.9 Å². The summed E-state index contributed by atoms with van der Waals surface area (Å²) in [6, 6.07) is 12.4. The predicted octanol–water partition coefficient (Wildman–Crippen LogP) is 2.61. The Morgan fingerprint density at radius 1 is 1.04 bits per heavy atom. The molecule has 0 bridgehead atoms. The van der Waals surface area contributed by atoms with Gasteiger partial charge in [-0.3, -0.25) is 4.79 Å². The first-order valence-electron chi connectivity index (χ1n) is 7.11. The largest absolute Gasteiger partial charge is 0.489 e. The molecule has 0 aliphatic rings. The van der Waals surface area contributed by atoms with Crippen LogP contribution in [-0.2, 0) is 17.1 Å². The molecule has 6 nitrogen and oxygen atoms in total. The van der Waals surface area contributed by atoms with E-state index in [0.717, 1.165) is 5.56 Å². The van der Waals surface area contributed by atoms with E-state index in [2.05, 4.69) is 9.50 Å². The van der Waals surface area contributed by atoms with Crippen LogP contribution < -0.4 is 14.2 Å². The Labute approximate surface area is 139 Å². The zero-order chi connectivity index (χ0) is 17.6. The van der Waals surface area contributed by atoms with Gasteiger partial charge in [0.05, 0.1) is 0 Å². The second-order valence-electron chi connectivity index (χ2n) is 4.79. The molecule has 24 heavy (non-hydrogen) atoms. The van der Waals surface area contributed by atoms with Crippen molar-refractivity contribution in [1.29, 1.82) is 0 Å². The van der Waals surface area contributed by atoms with Gasteiger partial charge in [-0.15, -0.1) is 0 Å². The zero-order valence-electron chi connectivity index (χ0n) is 12.9. The lowest BCUT2D eigenvalue weighted by Crippen LogP contribution is -2.22. The van der Waals surface area contributed by atoms with Gasteiger partial charge in [-0.25, -0.2) is 0 Å². The molecule has 2 aromatic carbocycles. The van der Waals surface area contributed by atoms with Crippen molar-refractivity contribution in [3.05, 3.63) is 59.7 Å². The predicted molar refractivity (Wildman–Crippen MR) is 85.9 cm³/mol. The maximum Gasteiger partial charge on any atom is 0.488 e. The first-order valence-corrected chi connectivity index (χ1v) is 8.42. The fourth-order valence-corrected chi connectivity index (χ4v) is 2.23. The van der Waals surface area contributed by atoms with Crippen LogP contribution >= 0.6 is 0 Å². The number of amides is 1. The molecule has 2 rings (SSSR count). The average molecular weight is 353 g/mol. The number of ether oxygens (including phenoxy) is 1. The van der Waals surface area contributed by atoms with Gasteiger partial charge in [-0.1, -0.05) is 16.0 Å². The normalized spacial score (nSPS) is 10.9. The van der Waals surface area contributed by atoms with Crippen LogP contribution in [0.5, 0.6) is 11.5 Å². The lowest BCUT2D eigenvalue weighted by atomic mass is 10.1. The van der Waals surface area contributed by atoms with Crippen LogP contribution in [0.2, 0.25) is 0 Å². The molecule has 0 saturated heterocycles. The highest BCUT2D eigenvalue weighted by atomic mass is 32.3. The Morgan fingerprint density at radius 2 is 1.62 bits per heavy atom. The summed E-state index contributed by atoms with van der Waals surface area (Å²) in [4.78, 5) is 11.6. The van der Waals surface area contributed by atoms with Gasteiger partial charge in [0.15, 0.2) is 0 Å². The van der Waals surface area contributed by atoms with E-state index in [1.54, 1.807) is 24.3 Å². The second kappa shape index (κ2) is 7.78. The van der Waals surface area contributed by atoms with Crippen LogP contribution in [0.1, 0.15) is 22.8 Å². The Balaban J connectivity index is 1.92. The highest BCUT2D eigenvalue weighted by molar-refractivity contribution is 7.81. The summed E-state index contributed by atoms with van der Waals surface area (Å²) < 4.78 is 42.7. The minimum atomic E-state index is -5.03. The van der Waals surface area contributed by atoms with Gasteiger partial charge < -0.3 is 14.2 Å². The molecule has 1 N–H and O–H groups in total. The van der Waals surface area contributed by atoms with E-state index in [0.29, 0.717) is 17.9 Å². The maximum absolute atomic E-state index is 12.4. The Kier molecular flexibility index (Phi) is 5.75. The summed E-state index contributed by atoms with van der Waals surface area (Å²) in [5.74, 6) is 0.186. The van der Waals surface area contributed by atoms with Crippen LogP contribution in [0.25, 0.3) is 0 Å². The van der Waals surface area contributed by atoms with E-state index in [1.165, 1.54) is 24.3 Å². The van der Waals surface area contributed by atoms with Crippen molar-refractivity contribution in [3.8, 4) is 11.5 Å². The number of rotatable bonds is 7. The molecule has 0 atom stereocenters. The number of benzene rings is 2. The average Bonchev–Trinajstić information content (AvgIpc) is 2.53. The summed E-state index contributed by atoms with van der Waals surface area (Å²) in [6.07, 6.45) is 0. The third-order valence-corrected chi connectivity index (χ3v) is 3.37. The third-order valence-electron chi connectivity index (χ3n) is 2.98. The standard InChI is InChI=1S/C16H16FNO5S/c1-2-18-16(19)13-5-3-12(4-6-13)11-22-14-7-9-15(10-8-14)23-24(17,20)21/h3-10H,2,11H2,1H3,(H,18,19). The van der Waals surface area contributed by atoms with Gasteiger partial charge in [0, 0.05) is 12.1 Å². The fourth-order valence-electron chi connectivity index (χ4n) is 1.89. The molecule has 0 spiro atoms. The highest BCUT2D eigenvalue weighted by Gasteiger charge is 2.09. The van der Waals surface area contributed by atoms with Crippen molar-refractivity contribution in [1.82, 2.24) is 5.32 Å². The Hall–Kier alpha value is -2.61. The van der Waals surface area contributed by atoms with Crippen molar-refractivity contribution < 1.29 is 26.0 Å². The molecule has 0 saturated carbocycles. The number of nitrogens with one attached hydrogen (secondary N) is 1. The molecule has 0 radical (unpaired) electrons. The Morgan fingerprint density at radius 3 is 2.17 bits per heavy atom. The maximum atomic E-state index is 12.4. The summed E-state index contributed by atoms with van der Waals surface area (Å²) in [7, 11) is -5.03. The number of hydrogen-bond donors (Lipinski definition) is 1. The molecular weight excluding hydrogens is 337 g/mol. The van der Waals surface area contributed by atoms with Gasteiger partial charge in [0.1, 0.15) is 18.1 Å². The molecule has 128 valence electrons. The number of hydrogen-bond acceptors (Lipinski definition) is 5. The molecule has 1 amide bonds. The summed E-state index contributed by atoms with van der Waals surface area (Å²) in [5, 5.41) is 2.71. The number of carbonyl (C=O) groups excluding carboxylic acids is 1. The lowest BCUT2D eigenvalue weighted by molar-refractivity contribution is 0.0955. The topological polar surface area (TPSA) is 81.7 Å². The number of carbonyl (C=O) groups is 1. The minimum absolute atomic E-state index is 0.136. The molecular formula is C16H16FNO5S. The molecule has 2 aromatic rings. The van der Waals surface area contributed by atoms with E-state index in [4.69, 9.17) is 4.74 Å². The summed E-state index contributed by atoms with van der Waals surface area (Å²) in [5.41, 5.74) is 1.42. The van der Waals surface area contributed by atoms with Crippen molar-refractivity contribution in [3.63, 3.8) is 0 Å². The quantitative estimate of drug-likeness (QED) is 0.774. The molecule has 0 fully saturated rings. The van der Waals surface area contributed by atoms with Gasteiger partial charge in [0.2, 0.25) is 0 Å². The lowest BCUT2D eigenvalue weighted by Gasteiger charge is -2.08. The molecule has 8 heteroatoms. The van der Waals surface area contributed by atoms with Crippen molar-refractivity contribution in [2.75, 3.05) is 6.54 Å². The third kappa shape index (κ3) is 5.54. The van der Waals surface area contributed by atoms with Gasteiger partial charge in [-0.2, -0.15) is 8.42 Å². The smallest absolute Gasteiger partial charge is 0.488 e. The first-order chi connectivity index (χ1) is 11.4. The Bertz CT molecular complexity index is 788. The van der Waals surface area contributed by atoms with E-state index in [-0.39, 0.29) is 18.3 Å². The van der Waals surface area contributed by atoms with Crippen LogP contribution in [0, 0.1) is 0 Å². The van der Waals surface area contributed by atoms with E-state index >= 15 is 0 Å². The van der Waals surface area contributed by atoms with E-state index in [1.807, 2.05) is 6.92 Å².